The normalized spacial score (nSPS) is 11.9. The largest absolute Gasteiger partial charge is 0.493 e. The van der Waals surface area contributed by atoms with E-state index in [9.17, 15) is 14.4 Å². The monoisotopic (exact) mass is 380 g/mol. The summed E-state index contributed by atoms with van der Waals surface area (Å²) in [4.78, 5) is 35.6. The lowest BCUT2D eigenvalue weighted by Crippen LogP contribution is -2.50. The lowest BCUT2D eigenvalue weighted by Gasteiger charge is -2.21. The van der Waals surface area contributed by atoms with Crippen LogP contribution in [0.4, 0.5) is 4.79 Å². The first-order valence-corrected chi connectivity index (χ1v) is 8.59. The predicted octanol–water partition coefficient (Wildman–Crippen LogP) is 2.19. The number of aryl methyl sites for hydroxylation is 1. The number of rotatable bonds is 7. The Morgan fingerprint density at radius 3 is 2.26 bits per heavy atom. The Bertz CT molecular complexity index is 681. The van der Waals surface area contributed by atoms with E-state index < -0.39 is 29.6 Å². The number of imide groups is 1. The van der Waals surface area contributed by atoms with Gasteiger partial charge in [0.05, 0.1) is 14.2 Å². The van der Waals surface area contributed by atoms with Crippen molar-refractivity contribution in [2.75, 3.05) is 14.2 Å². The number of carbonyl (C=O) groups is 3. The predicted molar refractivity (Wildman–Crippen MR) is 99.8 cm³/mol. The average molecular weight is 380 g/mol. The van der Waals surface area contributed by atoms with Gasteiger partial charge in [0.2, 0.25) is 0 Å². The second-order valence-electron chi connectivity index (χ2n) is 7.01. The Hall–Kier alpha value is -2.77. The van der Waals surface area contributed by atoms with Crippen LogP contribution >= 0.6 is 0 Å². The second-order valence-corrected chi connectivity index (χ2v) is 7.01. The van der Waals surface area contributed by atoms with Crippen LogP contribution in [0, 0.1) is 0 Å². The SMILES string of the molecule is COc1ccc(CCC(=O)O[C@H](C)C(=O)NC(=O)NC(C)(C)C)cc1OC. The lowest BCUT2D eigenvalue weighted by atomic mass is 10.1. The van der Waals surface area contributed by atoms with Crippen molar-refractivity contribution >= 4 is 17.9 Å². The van der Waals surface area contributed by atoms with Gasteiger partial charge < -0.3 is 19.5 Å². The topological polar surface area (TPSA) is 103 Å². The molecule has 0 spiro atoms. The fourth-order valence-electron chi connectivity index (χ4n) is 2.18. The number of hydrogen-bond donors (Lipinski definition) is 2. The molecule has 1 aromatic rings. The van der Waals surface area contributed by atoms with Crippen LogP contribution in [0.15, 0.2) is 18.2 Å². The van der Waals surface area contributed by atoms with Gasteiger partial charge >= 0.3 is 12.0 Å². The highest BCUT2D eigenvalue weighted by Gasteiger charge is 2.22. The van der Waals surface area contributed by atoms with Gasteiger partial charge in [-0.15, -0.1) is 0 Å². The van der Waals surface area contributed by atoms with E-state index in [1.807, 2.05) is 6.07 Å². The van der Waals surface area contributed by atoms with Gasteiger partial charge in [0.1, 0.15) is 0 Å². The van der Waals surface area contributed by atoms with Crippen molar-refractivity contribution in [2.45, 2.75) is 52.2 Å². The summed E-state index contributed by atoms with van der Waals surface area (Å²) in [6, 6.07) is 4.71. The highest BCUT2D eigenvalue weighted by atomic mass is 16.5. The van der Waals surface area contributed by atoms with Crippen LogP contribution in [-0.2, 0) is 20.7 Å². The number of amides is 3. The third kappa shape index (κ3) is 7.98. The van der Waals surface area contributed by atoms with Crippen molar-refractivity contribution in [1.29, 1.82) is 0 Å². The van der Waals surface area contributed by atoms with E-state index in [0.717, 1.165) is 5.56 Å². The summed E-state index contributed by atoms with van der Waals surface area (Å²) in [6.45, 7) is 6.77. The summed E-state index contributed by atoms with van der Waals surface area (Å²) in [7, 11) is 3.08. The van der Waals surface area contributed by atoms with Crippen molar-refractivity contribution in [3.05, 3.63) is 23.8 Å². The van der Waals surface area contributed by atoms with Crippen LogP contribution in [-0.4, -0.2) is 43.8 Å². The number of urea groups is 1. The highest BCUT2D eigenvalue weighted by molar-refractivity contribution is 5.97. The van der Waals surface area contributed by atoms with Gasteiger partial charge in [-0.1, -0.05) is 6.07 Å². The van der Waals surface area contributed by atoms with Crippen LogP contribution in [0.3, 0.4) is 0 Å². The summed E-state index contributed by atoms with van der Waals surface area (Å²) in [5.74, 6) is -0.0523. The standard InChI is InChI=1S/C19H28N2O6/c1-12(17(23)20-18(24)21-19(2,3)4)27-16(22)10-8-13-7-9-14(25-5)15(11-13)26-6/h7,9,11-12H,8,10H2,1-6H3,(H2,20,21,23,24)/t12-/m1/s1. The smallest absolute Gasteiger partial charge is 0.321 e. The van der Waals surface area contributed by atoms with Crippen LogP contribution in [0.5, 0.6) is 11.5 Å². The molecule has 0 radical (unpaired) electrons. The fraction of sp³-hybridized carbons (Fsp3) is 0.526. The van der Waals surface area contributed by atoms with Crippen LogP contribution in [0.1, 0.15) is 39.7 Å². The Balaban J connectivity index is 2.49. The van der Waals surface area contributed by atoms with E-state index >= 15 is 0 Å². The molecule has 8 heteroatoms. The van der Waals surface area contributed by atoms with E-state index in [2.05, 4.69) is 10.6 Å². The number of hydrogen-bond acceptors (Lipinski definition) is 6. The molecule has 0 aromatic heterocycles. The van der Waals surface area contributed by atoms with Crippen molar-refractivity contribution in [1.82, 2.24) is 10.6 Å². The number of methoxy groups -OCH3 is 2. The number of carbonyl (C=O) groups excluding carboxylic acids is 3. The Labute approximate surface area is 159 Å². The van der Waals surface area contributed by atoms with Crippen molar-refractivity contribution in [3.63, 3.8) is 0 Å². The summed E-state index contributed by atoms with van der Waals surface area (Å²) in [6.07, 6.45) is -0.576. The van der Waals surface area contributed by atoms with Crippen molar-refractivity contribution in [3.8, 4) is 11.5 Å². The Morgan fingerprint density at radius 2 is 1.70 bits per heavy atom. The maximum Gasteiger partial charge on any atom is 0.321 e. The molecule has 0 aliphatic carbocycles. The fourth-order valence-corrected chi connectivity index (χ4v) is 2.18. The molecule has 0 bridgehead atoms. The minimum Gasteiger partial charge on any atom is -0.493 e. The maximum atomic E-state index is 12.0. The van der Waals surface area contributed by atoms with Crippen LogP contribution in [0.25, 0.3) is 0 Å². The minimum atomic E-state index is -1.08. The molecular weight excluding hydrogens is 352 g/mol. The van der Waals surface area contributed by atoms with Gasteiger partial charge in [-0.25, -0.2) is 4.79 Å². The second kappa shape index (κ2) is 9.80. The molecular formula is C19H28N2O6. The van der Waals surface area contributed by atoms with E-state index in [4.69, 9.17) is 14.2 Å². The maximum absolute atomic E-state index is 12.0. The average Bonchev–Trinajstić information content (AvgIpc) is 2.57. The zero-order valence-electron chi connectivity index (χ0n) is 16.7. The van der Waals surface area contributed by atoms with Gasteiger partial charge in [0.25, 0.3) is 5.91 Å². The van der Waals surface area contributed by atoms with Crippen LogP contribution in [0.2, 0.25) is 0 Å². The summed E-state index contributed by atoms with van der Waals surface area (Å²) in [5.41, 5.74) is 0.384. The molecule has 1 aromatic carbocycles. The minimum absolute atomic E-state index is 0.0846. The molecule has 0 aliphatic heterocycles. The first kappa shape index (κ1) is 22.3. The van der Waals surface area contributed by atoms with Gasteiger partial charge in [0, 0.05) is 12.0 Å². The van der Waals surface area contributed by atoms with E-state index in [0.29, 0.717) is 17.9 Å². The van der Waals surface area contributed by atoms with E-state index in [1.54, 1.807) is 40.0 Å². The number of nitrogens with one attached hydrogen (secondary N) is 2. The summed E-state index contributed by atoms with van der Waals surface area (Å²) < 4.78 is 15.5. The molecule has 150 valence electrons. The molecule has 2 N–H and O–H groups in total. The molecule has 3 amide bonds. The zero-order valence-corrected chi connectivity index (χ0v) is 16.7. The molecule has 0 saturated carbocycles. The third-order valence-corrected chi connectivity index (χ3v) is 3.47. The van der Waals surface area contributed by atoms with Crippen molar-refractivity contribution < 1.29 is 28.6 Å². The van der Waals surface area contributed by atoms with E-state index in [-0.39, 0.29) is 6.42 Å². The van der Waals surface area contributed by atoms with Gasteiger partial charge in [-0.2, -0.15) is 0 Å². The Kier molecular flexibility index (Phi) is 8.08. The molecule has 0 unspecified atom stereocenters. The number of esters is 1. The highest BCUT2D eigenvalue weighted by Crippen LogP contribution is 2.28. The molecule has 8 nitrogen and oxygen atoms in total. The van der Waals surface area contributed by atoms with Gasteiger partial charge in [0.15, 0.2) is 17.6 Å². The molecule has 27 heavy (non-hydrogen) atoms. The first-order valence-electron chi connectivity index (χ1n) is 8.59. The Morgan fingerprint density at radius 1 is 1.07 bits per heavy atom. The van der Waals surface area contributed by atoms with E-state index in [1.165, 1.54) is 14.0 Å². The van der Waals surface area contributed by atoms with Gasteiger partial charge in [-0.05, 0) is 51.8 Å². The molecule has 1 atom stereocenters. The summed E-state index contributed by atoms with van der Waals surface area (Å²) >= 11 is 0. The molecule has 0 aliphatic rings. The number of ether oxygens (including phenoxy) is 3. The van der Waals surface area contributed by atoms with Gasteiger partial charge in [-0.3, -0.25) is 14.9 Å². The molecule has 0 saturated heterocycles. The van der Waals surface area contributed by atoms with Crippen LogP contribution < -0.4 is 20.1 Å². The summed E-state index contributed by atoms with van der Waals surface area (Å²) in [5, 5.41) is 4.74. The van der Waals surface area contributed by atoms with Crippen molar-refractivity contribution in [2.24, 2.45) is 0 Å². The lowest BCUT2D eigenvalue weighted by molar-refractivity contribution is -0.154. The first-order chi connectivity index (χ1) is 12.6. The zero-order chi connectivity index (χ0) is 20.6. The molecule has 0 heterocycles. The third-order valence-electron chi connectivity index (χ3n) is 3.47. The quantitative estimate of drug-likeness (QED) is 0.703. The molecule has 1 rings (SSSR count). The molecule has 0 fully saturated rings. The number of benzene rings is 1.